The van der Waals surface area contributed by atoms with Crippen LogP contribution in [0, 0.1) is 0 Å². The topological polar surface area (TPSA) is 9.23 Å². The second-order valence-corrected chi connectivity index (χ2v) is 25.1. The van der Waals surface area contributed by atoms with Gasteiger partial charge in [0.1, 0.15) is 0 Å². The van der Waals surface area contributed by atoms with Crippen molar-refractivity contribution in [1.82, 2.24) is 0 Å². The molecular weight excluding hydrogens is 289 g/mol. The van der Waals surface area contributed by atoms with Crippen LogP contribution in [-0.2, 0) is 3.76 Å². The fraction of sp³-hybridized carbons (Fsp3) is 0.833. The van der Waals surface area contributed by atoms with Crippen LogP contribution in [0.3, 0.4) is 0 Å². The van der Waals surface area contributed by atoms with E-state index in [2.05, 4.69) is 52.8 Å². The van der Waals surface area contributed by atoms with Crippen molar-refractivity contribution in [2.75, 3.05) is 0 Å². The van der Waals surface area contributed by atoms with E-state index >= 15 is 0 Å². The average Bonchev–Trinajstić information content (AvgIpc) is 1.97. The molecule has 1 nitrogen and oxygen atoms in total. The fourth-order valence-corrected chi connectivity index (χ4v) is 23.9. The molecule has 0 saturated heterocycles. The summed E-state index contributed by atoms with van der Waals surface area (Å²) in [4.78, 5) is 2.85. The van der Waals surface area contributed by atoms with E-state index in [1.54, 1.807) is 0 Å². The van der Waals surface area contributed by atoms with Crippen LogP contribution < -0.4 is 0 Å². The first kappa shape index (κ1) is 16.5. The molecule has 0 N–H and O–H groups in total. The molecule has 0 unspecified atom stereocenters. The molecule has 16 heavy (non-hydrogen) atoms. The molecule has 0 saturated carbocycles. The van der Waals surface area contributed by atoms with Gasteiger partial charge in [-0.25, -0.2) is 0 Å². The van der Waals surface area contributed by atoms with E-state index in [-0.39, 0.29) is 0 Å². The first-order chi connectivity index (χ1) is 7.03. The van der Waals surface area contributed by atoms with Crippen molar-refractivity contribution in [2.45, 2.75) is 62.4 Å². The molecule has 0 aliphatic carbocycles. The van der Waals surface area contributed by atoms with Crippen LogP contribution in [0.2, 0.25) is 49.0 Å². The van der Waals surface area contributed by atoms with Crippen LogP contribution in [0.4, 0.5) is 0 Å². The first-order valence-electron chi connectivity index (χ1n) is 6.24. The van der Waals surface area contributed by atoms with Crippen molar-refractivity contribution < 1.29 is 3.76 Å². The number of hydrogen-bond donors (Lipinski definition) is 0. The Kier molecular flexibility index (Phi) is 6.66. The molecule has 0 aromatic rings. The fourth-order valence-electron chi connectivity index (χ4n) is 1.59. The molecule has 0 aliphatic heterocycles. The molecule has 0 aromatic heterocycles. The maximum absolute atomic E-state index is 6.19. The zero-order chi connectivity index (χ0) is 13.0. The summed E-state index contributed by atoms with van der Waals surface area (Å²) in [7, 11) is -1.94. The van der Waals surface area contributed by atoms with Gasteiger partial charge in [-0.2, -0.15) is 0 Å². The third kappa shape index (κ3) is 9.72. The zero-order valence-corrected chi connectivity index (χ0v) is 16.3. The van der Waals surface area contributed by atoms with E-state index < -0.39 is 30.8 Å². The maximum atomic E-state index is 6.19. The van der Waals surface area contributed by atoms with Crippen molar-refractivity contribution >= 4 is 30.8 Å². The summed E-state index contributed by atoms with van der Waals surface area (Å²) in [6, 6.07) is 0. The van der Waals surface area contributed by atoms with Gasteiger partial charge in [-0.15, -0.1) is 0 Å². The number of allylic oxidation sites excluding steroid dienone is 1. The minimum atomic E-state index is -1.33. The van der Waals surface area contributed by atoms with E-state index in [4.69, 9.17) is 3.76 Å². The van der Waals surface area contributed by atoms with Gasteiger partial charge in [0, 0.05) is 0 Å². The summed E-state index contributed by atoms with van der Waals surface area (Å²) < 4.78 is 6.19. The molecule has 0 atom stereocenters. The SMILES string of the molecule is C=C(CC)[O][Ge]([CH2][Si](C)(C)C)[CH2][Si](C)(C)C. The van der Waals surface area contributed by atoms with Crippen molar-refractivity contribution in [1.29, 1.82) is 0 Å². The second kappa shape index (κ2) is 6.45. The zero-order valence-electron chi connectivity index (χ0n) is 12.2. The summed E-state index contributed by atoms with van der Waals surface area (Å²) in [5.41, 5.74) is 0. The molecular formula is C12H29GeOSi2. The van der Waals surface area contributed by atoms with Crippen LogP contribution in [0.1, 0.15) is 13.3 Å². The Morgan fingerprint density at radius 1 is 1.00 bits per heavy atom. The predicted molar refractivity (Wildman–Crippen MR) is 82.6 cm³/mol. The molecule has 95 valence electrons. The Morgan fingerprint density at radius 3 is 1.62 bits per heavy atom. The minimum absolute atomic E-state index is 0.969. The van der Waals surface area contributed by atoms with Crippen molar-refractivity contribution in [3.05, 3.63) is 12.3 Å². The van der Waals surface area contributed by atoms with Gasteiger partial charge >= 0.3 is 109 Å². The molecule has 0 heterocycles. The van der Waals surface area contributed by atoms with E-state index in [1.807, 2.05) is 0 Å². The Labute approximate surface area is 109 Å². The van der Waals surface area contributed by atoms with Crippen molar-refractivity contribution in [2.24, 2.45) is 0 Å². The summed E-state index contributed by atoms with van der Waals surface area (Å²) in [5.74, 6) is 1.03. The summed E-state index contributed by atoms with van der Waals surface area (Å²) in [6.45, 7) is 20.9. The van der Waals surface area contributed by atoms with Crippen LogP contribution >= 0.6 is 0 Å². The molecule has 0 fully saturated rings. The van der Waals surface area contributed by atoms with Crippen LogP contribution in [0.25, 0.3) is 0 Å². The van der Waals surface area contributed by atoms with E-state index in [1.165, 1.54) is 9.75 Å². The Balaban J connectivity index is 4.45. The van der Waals surface area contributed by atoms with Crippen LogP contribution in [0.5, 0.6) is 0 Å². The van der Waals surface area contributed by atoms with Gasteiger partial charge in [0.05, 0.1) is 0 Å². The molecule has 0 rings (SSSR count). The predicted octanol–water partition coefficient (Wildman–Crippen LogP) is 4.67. The standard InChI is InChI=1S/C12H29GeOSi2/c1-9-12(2)14-13(10-15(3,4)5)11-16(6,7)8/h2,9-11H2,1,3-8H3. The van der Waals surface area contributed by atoms with Crippen LogP contribution in [0.15, 0.2) is 12.3 Å². The molecule has 0 aromatic carbocycles. The first-order valence-corrected chi connectivity index (χ1v) is 17.5. The van der Waals surface area contributed by atoms with Crippen molar-refractivity contribution in [3.8, 4) is 0 Å². The average molecular weight is 318 g/mol. The van der Waals surface area contributed by atoms with Gasteiger partial charge in [0.25, 0.3) is 0 Å². The van der Waals surface area contributed by atoms with E-state index in [0.29, 0.717) is 0 Å². The van der Waals surface area contributed by atoms with Gasteiger partial charge < -0.3 is 0 Å². The van der Waals surface area contributed by atoms with Crippen LogP contribution in [-0.4, -0.2) is 30.8 Å². The van der Waals surface area contributed by atoms with Gasteiger partial charge in [0.2, 0.25) is 0 Å². The third-order valence-corrected chi connectivity index (χ3v) is 24.6. The Bertz CT molecular complexity index is 212. The third-order valence-electron chi connectivity index (χ3n) is 2.14. The Morgan fingerprint density at radius 2 is 1.38 bits per heavy atom. The quantitative estimate of drug-likeness (QED) is 0.489. The monoisotopic (exact) mass is 319 g/mol. The Hall–Kier alpha value is 0.517. The summed E-state index contributed by atoms with van der Waals surface area (Å²) in [5, 5.41) is 0. The summed E-state index contributed by atoms with van der Waals surface area (Å²) in [6.07, 6.45) is 0.980. The molecule has 0 spiro atoms. The summed E-state index contributed by atoms with van der Waals surface area (Å²) >= 11 is -1.33. The van der Waals surface area contributed by atoms with Gasteiger partial charge in [0.15, 0.2) is 0 Å². The molecule has 1 radical (unpaired) electrons. The molecule has 0 amide bonds. The molecule has 0 aliphatic rings. The number of hydrogen-bond acceptors (Lipinski definition) is 1. The normalized spacial score (nSPS) is 13.0. The number of rotatable bonds is 7. The second-order valence-electron chi connectivity index (χ2n) is 7.01. The van der Waals surface area contributed by atoms with Crippen molar-refractivity contribution in [3.63, 3.8) is 0 Å². The molecule has 4 heteroatoms. The van der Waals surface area contributed by atoms with E-state index in [9.17, 15) is 0 Å². The van der Waals surface area contributed by atoms with Gasteiger partial charge in [-0.1, -0.05) is 0 Å². The molecule has 0 bridgehead atoms. The van der Waals surface area contributed by atoms with Gasteiger partial charge in [-0.3, -0.25) is 0 Å². The van der Waals surface area contributed by atoms with Gasteiger partial charge in [-0.05, 0) is 0 Å². The van der Waals surface area contributed by atoms with E-state index in [0.717, 1.165) is 12.2 Å².